The molecular formula is C22H16ClN3O3S. The number of carbonyl (C=O) groups excluding carboxylic acids is 2. The van der Waals surface area contributed by atoms with Crippen LogP contribution < -0.4 is 4.90 Å². The first-order valence-electron chi connectivity index (χ1n) is 9.01. The van der Waals surface area contributed by atoms with Gasteiger partial charge in [0.15, 0.2) is 5.13 Å². The summed E-state index contributed by atoms with van der Waals surface area (Å²) in [6.07, 6.45) is 3.36. The highest BCUT2D eigenvalue weighted by atomic mass is 35.5. The highest BCUT2D eigenvalue weighted by molar-refractivity contribution is 7.22. The lowest BCUT2D eigenvalue weighted by Gasteiger charge is -2.21. The van der Waals surface area contributed by atoms with Crippen molar-refractivity contribution in [1.82, 2.24) is 9.97 Å². The smallest absolute Gasteiger partial charge is 0.338 e. The molecule has 30 heavy (non-hydrogen) atoms. The van der Waals surface area contributed by atoms with E-state index < -0.39 is 5.97 Å². The lowest BCUT2D eigenvalue weighted by atomic mass is 10.1. The summed E-state index contributed by atoms with van der Waals surface area (Å²) in [6, 6.07) is 15.6. The number of methoxy groups -OCH3 is 1. The molecule has 0 N–H and O–H groups in total. The van der Waals surface area contributed by atoms with Crippen molar-refractivity contribution < 1.29 is 14.3 Å². The number of ether oxygens (including phenoxy) is 1. The molecule has 0 unspecified atom stereocenters. The molecule has 6 nitrogen and oxygen atoms in total. The summed E-state index contributed by atoms with van der Waals surface area (Å²) in [6.45, 7) is 0.246. The molecule has 0 bridgehead atoms. The Hall–Kier alpha value is -3.29. The second-order valence-corrected chi connectivity index (χ2v) is 7.84. The van der Waals surface area contributed by atoms with E-state index in [1.54, 1.807) is 48.8 Å². The van der Waals surface area contributed by atoms with E-state index in [1.165, 1.54) is 23.3 Å². The zero-order valence-corrected chi connectivity index (χ0v) is 17.5. The molecule has 0 saturated carbocycles. The molecule has 2 aromatic carbocycles. The third kappa shape index (κ3) is 4.03. The summed E-state index contributed by atoms with van der Waals surface area (Å²) >= 11 is 7.46. The molecule has 0 saturated heterocycles. The number of aromatic nitrogens is 2. The van der Waals surface area contributed by atoms with Gasteiger partial charge >= 0.3 is 5.97 Å². The van der Waals surface area contributed by atoms with Crippen molar-refractivity contribution >= 4 is 50.2 Å². The van der Waals surface area contributed by atoms with Crippen LogP contribution in [-0.2, 0) is 11.3 Å². The van der Waals surface area contributed by atoms with E-state index in [9.17, 15) is 9.59 Å². The maximum Gasteiger partial charge on any atom is 0.338 e. The zero-order chi connectivity index (χ0) is 21.1. The maximum absolute atomic E-state index is 13.6. The van der Waals surface area contributed by atoms with Crippen molar-refractivity contribution in [3.8, 4) is 0 Å². The average molecular weight is 438 g/mol. The second kappa shape index (κ2) is 8.61. The third-order valence-electron chi connectivity index (χ3n) is 4.44. The number of thiazole rings is 1. The summed E-state index contributed by atoms with van der Waals surface area (Å²) in [5.41, 5.74) is 2.01. The van der Waals surface area contributed by atoms with Crippen LogP contribution in [0.3, 0.4) is 0 Å². The minimum atomic E-state index is -0.573. The fourth-order valence-electron chi connectivity index (χ4n) is 3.01. The van der Waals surface area contributed by atoms with Gasteiger partial charge in [0, 0.05) is 17.4 Å². The Kier molecular flexibility index (Phi) is 5.74. The van der Waals surface area contributed by atoms with Crippen molar-refractivity contribution in [1.29, 1.82) is 0 Å². The Morgan fingerprint density at radius 1 is 1.10 bits per heavy atom. The van der Waals surface area contributed by atoms with Gasteiger partial charge in [0.05, 0.1) is 35.0 Å². The molecule has 0 radical (unpaired) electrons. The molecule has 0 atom stereocenters. The molecule has 2 heterocycles. The molecular weight excluding hydrogens is 422 g/mol. The molecule has 2 aromatic heterocycles. The van der Waals surface area contributed by atoms with E-state index in [4.69, 9.17) is 16.3 Å². The number of pyridine rings is 1. The predicted octanol–water partition coefficient (Wildman–Crippen LogP) is 4.98. The first kappa shape index (κ1) is 20.0. The van der Waals surface area contributed by atoms with Crippen molar-refractivity contribution in [2.75, 3.05) is 12.0 Å². The van der Waals surface area contributed by atoms with Crippen LogP contribution in [-0.4, -0.2) is 29.0 Å². The minimum absolute atomic E-state index is 0.199. The van der Waals surface area contributed by atoms with E-state index in [1.807, 2.05) is 18.2 Å². The van der Waals surface area contributed by atoms with Gasteiger partial charge in [-0.25, -0.2) is 9.78 Å². The lowest BCUT2D eigenvalue weighted by Crippen LogP contribution is -2.31. The van der Waals surface area contributed by atoms with Crippen molar-refractivity contribution in [3.05, 3.63) is 88.7 Å². The van der Waals surface area contributed by atoms with Gasteiger partial charge in [0.25, 0.3) is 5.91 Å². The Labute approximate surface area is 181 Å². The highest BCUT2D eigenvalue weighted by Gasteiger charge is 2.26. The predicted molar refractivity (Wildman–Crippen MR) is 117 cm³/mol. The third-order valence-corrected chi connectivity index (χ3v) is 5.72. The summed E-state index contributed by atoms with van der Waals surface area (Å²) in [7, 11) is 1.29. The van der Waals surface area contributed by atoms with Gasteiger partial charge < -0.3 is 4.74 Å². The van der Waals surface area contributed by atoms with E-state index >= 15 is 0 Å². The second-order valence-electron chi connectivity index (χ2n) is 6.40. The molecule has 4 aromatic rings. The fraction of sp³-hybridized carbons (Fsp3) is 0.0909. The molecule has 4 rings (SSSR count). The van der Waals surface area contributed by atoms with Gasteiger partial charge in [-0.1, -0.05) is 41.1 Å². The maximum atomic E-state index is 13.6. The van der Waals surface area contributed by atoms with Gasteiger partial charge in [-0.2, -0.15) is 0 Å². The Bertz CT molecular complexity index is 1230. The number of anilines is 1. The van der Waals surface area contributed by atoms with Gasteiger partial charge in [0.2, 0.25) is 0 Å². The van der Waals surface area contributed by atoms with E-state index in [2.05, 4.69) is 9.97 Å². The Morgan fingerprint density at radius 2 is 1.90 bits per heavy atom. The zero-order valence-electron chi connectivity index (χ0n) is 15.9. The summed E-state index contributed by atoms with van der Waals surface area (Å²) < 4.78 is 5.71. The van der Waals surface area contributed by atoms with Crippen LogP contribution in [0.1, 0.15) is 26.3 Å². The molecule has 8 heteroatoms. The number of amides is 1. The number of hydrogen-bond acceptors (Lipinski definition) is 6. The van der Waals surface area contributed by atoms with Crippen molar-refractivity contribution in [2.45, 2.75) is 6.54 Å². The Balaban J connectivity index is 1.81. The summed E-state index contributed by atoms with van der Waals surface area (Å²) in [5, 5.41) is 1.10. The van der Waals surface area contributed by atoms with E-state index in [-0.39, 0.29) is 23.6 Å². The van der Waals surface area contributed by atoms with Crippen molar-refractivity contribution in [3.63, 3.8) is 0 Å². The van der Waals surface area contributed by atoms with Crippen LogP contribution in [0.25, 0.3) is 10.2 Å². The van der Waals surface area contributed by atoms with Crippen LogP contribution in [0.5, 0.6) is 0 Å². The lowest BCUT2D eigenvalue weighted by molar-refractivity contribution is 0.0597. The van der Waals surface area contributed by atoms with Gasteiger partial charge in [-0.3, -0.25) is 14.7 Å². The van der Waals surface area contributed by atoms with Gasteiger partial charge in [-0.05, 0) is 42.0 Å². The quantitative estimate of drug-likeness (QED) is 0.412. The number of halogens is 1. The summed E-state index contributed by atoms with van der Waals surface area (Å²) in [4.78, 5) is 36.1. The molecule has 1 amide bonds. The number of carbonyl (C=O) groups is 2. The number of nitrogens with zero attached hydrogens (tertiary/aromatic N) is 3. The molecule has 150 valence electrons. The first-order valence-corrected chi connectivity index (χ1v) is 10.2. The van der Waals surface area contributed by atoms with E-state index in [0.717, 1.165) is 15.8 Å². The van der Waals surface area contributed by atoms with Crippen LogP contribution in [0.4, 0.5) is 5.13 Å². The van der Waals surface area contributed by atoms with Crippen molar-refractivity contribution in [2.24, 2.45) is 0 Å². The monoisotopic (exact) mass is 437 g/mol. The topological polar surface area (TPSA) is 72.4 Å². The number of fused-ring (bicyclic) bond motifs is 1. The number of hydrogen-bond donors (Lipinski definition) is 0. The average Bonchev–Trinajstić information content (AvgIpc) is 3.20. The molecule has 0 aliphatic carbocycles. The van der Waals surface area contributed by atoms with Crippen LogP contribution >= 0.6 is 22.9 Å². The standard InChI is InChI=1S/C22H16ClN3O3S/c1-29-21(28)17-7-3-2-6-16(17)20(27)26(13-14-5-4-10-24-12-14)22-25-18-9-8-15(23)11-19(18)30-22/h2-12H,13H2,1H3. The Morgan fingerprint density at radius 3 is 2.63 bits per heavy atom. The molecule has 0 spiro atoms. The number of esters is 1. The number of rotatable bonds is 5. The minimum Gasteiger partial charge on any atom is -0.465 e. The largest absolute Gasteiger partial charge is 0.465 e. The number of benzene rings is 2. The molecule has 0 aliphatic heterocycles. The molecule has 0 aliphatic rings. The van der Waals surface area contributed by atoms with Crippen LogP contribution in [0.2, 0.25) is 5.02 Å². The fourth-order valence-corrected chi connectivity index (χ4v) is 4.24. The normalized spacial score (nSPS) is 10.7. The molecule has 0 fully saturated rings. The van der Waals surface area contributed by atoms with Crippen LogP contribution in [0.15, 0.2) is 67.0 Å². The SMILES string of the molecule is COC(=O)c1ccccc1C(=O)N(Cc1cccnc1)c1nc2ccc(Cl)cc2s1. The van der Waals surface area contributed by atoms with Gasteiger partial charge in [0.1, 0.15) is 0 Å². The van der Waals surface area contributed by atoms with E-state index in [0.29, 0.717) is 10.2 Å². The summed E-state index contributed by atoms with van der Waals surface area (Å²) in [5.74, 6) is -0.929. The highest BCUT2D eigenvalue weighted by Crippen LogP contribution is 2.32. The van der Waals surface area contributed by atoms with Gasteiger partial charge in [-0.15, -0.1) is 0 Å². The first-order chi connectivity index (χ1) is 14.6. The van der Waals surface area contributed by atoms with Crippen LogP contribution in [0, 0.1) is 0 Å².